The van der Waals surface area contributed by atoms with Gasteiger partial charge in [-0.05, 0) is 32.9 Å². The molecular weight excluding hydrogens is 348 g/mol. The second-order valence-electron chi connectivity index (χ2n) is 6.62. The standard InChI is InChI=1S/C21H24O6/c1-4-26-19(23)17-15(12-11-14-9-7-6-8-10-14)18(20(24)27-5-2)21(3,25)13-16(17)22/h6-10,15,17-18,25H,4-5,13H2,1-3H3/t15-,17-,18-,21+/m1/s1. The molecule has 0 spiro atoms. The Morgan fingerprint density at radius 2 is 1.74 bits per heavy atom. The summed E-state index contributed by atoms with van der Waals surface area (Å²) in [5.74, 6) is 0.434. The quantitative estimate of drug-likeness (QED) is 0.492. The third-order valence-electron chi connectivity index (χ3n) is 4.51. The topological polar surface area (TPSA) is 89.9 Å². The highest BCUT2D eigenvalue weighted by Gasteiger charge is 2.56. The van der Waals surface area contributed by atoms with Gasteiger partial charge in [0.25, 0.3) is 0 Å². The number of ketones is 1. The first-order chi connectivity index (χ1) is 12.8. The van der Waals surface area contributed by atoms with Gasteiger partial charge >= 0.3 is 11.9 Å². The first kappa shape index (κ1) is 20.7. The van der Waals surface area contributed by atoms with E-state index in [0.717, 1.165) is 0 Å². The zero-order valence-electron chi connectivity index (χ0n) is 15.7. The molecule has 27 heavy (non-hydrogen) atoms. The van der Waals surface area contributed by atoms with Crippen molar-refractivity contribution in [2.24, 2.45) is 17.8 Å². The van der Waals surface area contributed by atoms with E-state index in [1.165, 1.54) is 6.92 Å². The Bertz CT molecular complexity index is 756. The van der Waals surface area contributed by atoms with Gasteiger partial charge in [-0.25, -0.2) is 0 Å². The van der Waals surface area contributed by atoms with Crippen molar-refractivity contribution < 1.29 is 29.0 Å². The average molecular weight is 372 g/mol. The Hall–Kier alpha value is -2.65. The molecule has 1 aromatic carbocycles. The predicted octanol–water partition coefficient (Wildman–Crippen LogP) is 1.74. The van der Waals surface area contributed by atoms with Crippen molar-refractivity contribution >= 4 is 17.7 Å². The molecule has 0 unspecified atom stereocenters. The minimum Gasteiger partial charge on any atom is -0.466 e. The van der Waals surface area contributed by atoms with Gasteiger partial charge in [0.05, 0.1) is 24.7 Å². The van der Waals surface area contributed by atoms with E-state index in [2.05, 4.69) is 11.8 Å². The lowest BCUT2D eigenvalue weighted by molar-refractivity contribution is -0.174. The van der Waals surface area contributed by atoms with Gasteiger partial charge in [0, 0.05) is 12.0 Å². The number of hydrogen-bond acceptors (Lipinski definition) is 6. The zero-order chi connectivity index (χ0) is 20.0. The van der Waals surface area contributed by atoms with Gasteiger partial charge in [-0.1, -0.05) is 30.0 Å². The summed E-state index contributed by atoms with van der Waals surface area (Å²) in [5, 5.41) is 10.8. The lowest BCUT2D eigenvalue weighted by Gasteiger charge is -2.41. The molecule has 1 aliphatic carbocycles. The number of carbonyl (C=O) groups excluding carboxylic acids is 3. The maximum atomic E-state index is 12.6. The van der Waals surface area contributed by atoms with Gasteiger partial charge < -0.3 is 14.6 Å². The summed E-state index contributed by atoms with van der Waals surface area (Å²) in [4.78, 5) is 37.6. The Labute approximate surface area is 158 Å². The zero-order valence-corrected chi connectivity index (χ0v) is 15.7. The van der Waals surface area contributed by atoms with Crippen LogP contribution in [0, 0.1) is 29.6 Å². The number of esters is 2. The van der Waals surface area contributed by atoms with Gasteiger partial charge in [-0.3, -0.25) is 14.4 Å². The fraction of sp³-hybridized carbons (Fsp3) is 0.476. The van der Waals surface area contributed by atoms with Crippen LogP contribution in [0.4, 0.5) is 0 Å². The van der Waals surface area contributed by atoms with E-state index < -0.39 is 41.1 Å². The van der Waals surface area contributed by atoms with Crippen molar-refractivity contribution in [3.05, 3.63) is 35.9 Å². The Kier molecular flexibility index (Phi) is 6.75. The number of hydrogen-bond donors (Lipinski definition) is 1. The predicted molar refractivity (Wildman–Crippen MR) is 97.3 cm³/mol. The van der Waals surface area contributed by atoms with Crippen molar-refractivity contribution in [3.8, 4) is 11.8 Å². The van der Waals surface area contributed by atoms with Crippen molar-refractivity contribution in [1.82, 2.24) is 0 Å². The van der Waals surface area contributed by atoms with E-state index in [1.54, 1.807) is 38.1 Å². The molecule has 1 aromatic rings. The number of Topliss-reactive ketones (excluding diaryl/α,β-unsaturated/α-hetero) is 1. The Morgan fingerprint density at radius 1 is 1.15 bits per heavy atom. The summed E-state index contributed by atoms with van der Waals surface area (Å²) in [6, 6.07) is 8.99. The van der Waals surface area contributed by atoms with Crippen LogP contribution in [0.2, 0.25) is 0 Å². The normalized spacial score (nSPS) is 27.3. The Balaban J connectivity index is 2.52. The molecule has 0 heterocycles. The minimum atomic E-state index is -1.66. The molecule has 2 rings (SSSR count). The minimum absolute atomic E-state index is 0.0991. The monoisotopic (exact) mass is 372 g/mol. The SMILES string of the molecule is CCOC(=O)[C@H]1C(=O)C[C@](C)(O)[C@@H](C(=O)OCC)[C@@H]1C#Cc1ccccc1. The van der Waals surface area contributed by atoms with Crippen molar-refractivity contribution in [3.63, 3.8) is 0 Å². The third kappa shape index (κ3) is 4.75. The largest absolute Gasteiger partial charge is 0.466 e. The molecule has 0 saturated heterocycles. The second-order valence-corrected chi connectivity index (χ2v) is 6.62. The highest BCUT2D eigenvalue weighted by Crippen LogP contribution is 2.41. The molecule has 6 nitrogen and oxygen atoms in total. The number of carbonyl (C=O) groups is 3. The number of ether oxygens (including phenoxy) is 2. The number of rotatable bonds is 4. The van der Waals surface area contributed by atoms with E-state index in [4.69, 9.17) is 9.47 Å². The lowest BCUT2D eigenvalue weighted by Crippen LogP contribution is -2.56. The summed E-state index contributed by atoms with van der Waals surface area (Å²) < 4.78 is 10.1. The first-order valence-corrected chi connectivity index (χ1v) is 8.96. The molecule has 1 N–H and O–H groups in total. The molecule has 0 radical (unpaired) electrons. The maximum absolute atomic E-state index is 12.6. The van der Waals surface area contributed by atoms with Gasteiger partial charge in [0.2, 0.25) is 0 Å². The van der Waals surface area contributed by atoms with E-state index >= 15 is 0 Å². The molecule has 144 valence electrons. The van der Waals surface area contributed by atoms with Crippen LogP contribution < -0.4 is 0 Å². The van der Waals surface area contributed by atoms with Crippen LogP contribution in [0.5, 0.6) is 0 Å². The molecule has 6 heteroatoms. The smallest absolute Gasteiger partial charge is 0.317 e. The van der Waals surface area contributed by atoms with Crippen LogP contribution in [-0.2, 0) is 23.9 Å². The van der Waals surface area contributed by atoms with Crippen LogP contribution in [0.25, 0.3) is 0 Å². The Morgan fingerprint density at radius 3 is 2.33 bits per heavy atom. The van der Waals surface area contributed by atoms with E-state index in [9.17, 15) is 19.5 Å². The van der Waals surface area contributed by atoms with Crippen LogP contribution in [0.3, 0.4) is 0 Å². The van der Waals surface area contributed by atoms with Crippen LogP contribution in [0.15, 0.2) is 30.3 Å². The van der Waals surface area contributed by atoms with Crippen molar-refractivity contribution in [2.45, 2.75) is 32.8 Å². The summed E-state index contributed by atoms with van der Waals surface area (Å²) in [6.07, 6.45) is -0.344. The third-order valence-corrected chi connectivity index (χ3v) is 4.51. The number of benzene rings is 1. The maximum Gasteiger partial charge on any atom is 0.317 e. The summed E-state index contributed by atoms with van der Waals surface area (Å²) in [6.45, 7) is 4.89. The van der Waals surface area contributed by atoms with Crippen LogP contribution in [-0.4, -0.2) is 41.6 Å². The van der Waals surface area contributed by atoms with Crippen LogP contribution >= 0.6 is 0 Å². The van der Waals surface area contributed by atoms with Gasteiger partial charge in [-0.2, -0.15) is 0 Å². The van der Waals surface area contributed by atoms with Crippen molar-refractivity contribution in [1.29, 1.82) is 0 Å². The molecule has 1 aliphatic rings. The van der Waals surface area contributed by atoms with Crippen LogP contribution in [0.1, 0.15) is 32.8 Å². The fourth-order valence-corrected chi connectivity index (χ4v) is 3.35. The van der Waals surface area contributed by atoms with Crippen molar-refractivity contribution in [2.75, 3.05) is 13.2 Å². The highest BCUT2D eigenvalue weighted by molar-refractivity contribution is 6.02. The molecule has 1 fully saturated rings. The molecule has 0 aliphatic heterocycles. The number of aliphatic hydroxyl groups is 1. The van der Waals surface area contributed by atoms with E-state index in [1.807, 2.05) is 6.07 Å². The van der Waals surface area contributed by atoms with Gasteiger partial charge in [0.15, 0.2) is 5.78 Å². The van der Waals surface area contributed by atoms with Gasteiger partial charge in [-0.15, -0.1) is 0 Å². The fourth-order valence-electron chi connectivity index (χ4n) is 3.35. The van der Waals surface area contributed by atoms with Gasteiger partial charge in [0.1, 0.15) is 11.8 Å². The molecule has 0 amide bonds. The highest BCUT2D eigenvalue weighted by atomic mass is 16.5. The summed E-state index contributed by atoms with van der Waals surface area (Å²) in [5.41, 5.74) is -0.997. The summed E-state index contributed by atoms with van der Waals surface area (Å²) >= 11 is 0. The average Bonchev–Trinajstić information content (AvgIpc) is 2.59. The second kappa shape index (κ2) is 8.83. The molecule has 4 atom stereocenters. The molecule has 0 aromatic heterocycles. The molecule has 1 saturated carbocycles. The van der Waals surface area contributed by atoms with E-state index in [-0.39, 0.29) is 19.6 Å². The molecule has 0 bridgehead atoms. The first-order valence-electron chi connectivity index (χ1n) is 8.96. The molecular formula is C21H24O6. The summed E-state index contributed by atoms with van der Waals surface area (Å²) in [7, 11) is 0. The van der Waals surface area contributed by atoms with E-state index in [0.29, 0.717) is 5.56 Å². The lowest BCUT2D eigenvalue weighted by atomic mass is 9.64.